The van der Waals surface area contributed by atoms with E-state index in [4.69, 9.17) is 35.4 Å². The molecule has 27 heavy (non-hydrogen) atoms. The van der Waals surface area contributed by atoms with Gasteiger partial charge in [-0.3, -0.25) is 4.68 Å². The van der Waals surface area contributed by atoms with Crippen molar-refractivity contribution >= 4 is 68.0 Å². The SMILES string of the molecule is CCc1ccc(NC(=S)Nc2nn(Cc3ccc(Cl)c(Cl)c3)cc2Br)cc1. The molecule has 0 aliphatic heterocycles. The first-order valence-corrected chi connectivity index (χ1v) is 10.2. The average molecular weight is 484 g/mol. The summed E-state index contributed by atoms with van der Waals surface area (Å²) in [5.41, 5.74) is 3.21. The van der Waals surface area contributed by atoms with Gasteiger partial charge in [-0.15, -0.1) is 0 Å². The van der Waals surface area contributed by atoms with Gasteiger partial charge in [0.25, 0.3) is 0 Å². The molecule has 0 atom stereocenters. The van der Waals surface area contributed by atoms with Gasteiger partial charge in [-0.1, -0.05) is 48.3 Å². The van der Waals surface area contributed by atoms with E-state index >= 15 is 0 Å². The normalized spacial score (nSPS) is 10.7. The van der Waals surface area contributed by atoms with Crippen LogP contribution in [0.3, 0.4) is 0 Å². The van der Waals surface area contributed by atoms with Crippen LogP contribution in [0, 0.1) is 0 Å². The summed E-state index contributed by atoms with van der Waals surface area (Å²) in [7, 11) is 0. The van der Waals surface area contributed by atoms with Gasteiger partial charge in [-0.25, -0.2) is 0 Å². The van der Waals surface area contributed by atoms with E-state index in [0.717, 1.165) is 22.1 Å². The van der Waals surface area contributed by atoms with Crippen molar-refractivity contribution in [2.24, 2.45) is 0 Å². The molecule has 1 heterocycles. The molecule has 0 amide bonds. The highest BCUT2D eigenvalue weighted by atomic mass is 79.9. The largest absolute Gasteiger partial charge is 0.332 e. The van der Waals surface area contributed by atoms with Crippen molar-refractivity contribution in [1.82, 2.24) is 9.78 Å². The van der Waals surface area contributed by atoms with E-state index < -0.39 is 0 Å². The summed E-state index contributed by atoms with van der Waals surface area (Å²) in [5, 5.41) is 12.3. The summed E-state index contributed by atoms with van der Waals surface area (Å²) in [6, 6.07) is 13.7. The Morgan fingerprint density at radius 2 is 1.78 bits per heavy atom. The highest BCUT2D eigenvalue weighted by Crippen LogP contribution is 2.25. The molecule has 2 N–H and O–H groups in total. The fourth-order valence-corrected chi connectivity index (χ4v) is 3.43. The van der Waals surface area contributed by atoms with Crippen LogP contribution in [0.2, 0.25) is 10.0 Å². The van der Waals surface area contributed by atoms with Crippen molar-refractivity contribution < 1.29 is 0 Å². The summed E-state index contributed by atoms with van der Waals surface area (Å²) in [6.07, 6.45) is 2.88. The lowest BCUT2D eigenvalue weighted by molar-refractivity contribution is 0.689. The molecular formula is C19H17BrCl2N4S. The number of nitrogens with one attached hydrogen (secondary N) is 2. The predicted octanol–water partition coefficient (Wildman–Crippen LogP) is 6.37. The number of rotatable bonds is 5. The third-order valence-electron chi connectivity index (χ3n) is 3.90. The number of hydrogen-bond acceptors (Lipinski definition) is 2. The average Bonchev–Trinajstić information content (AvgIpc) is 2.97. The minimum atomic E-state index is 0.472. The van der Waals surface area contributed by atoms with E-state index in [1.54, 1.807) is 10.7 Å². The van der Waals surface area contributed by atoms with Gasteiger partial charge in [0.05, 0.1) is 21.1 Å². The van der Waals surface area contributed by atoms with E-state index in [-0.39, 0.29) is 0 Å². The van der Waals surface area contributed by atoms with Crippen LogP contribution in [0.15, 0.2) is 53.1 Å². The van der Waals surface area contributed by atoms with Crippen LogP contribution in [0.25, 0.3) is 0 Å². The molecular weight excluding hydrogens is 467 g/mol. The number of benzene rings is 2. The lowest BCUT2D eigenvalue weighted by atomic mass is 10.1. The molecule has 0 saturated carbocycles. The number of halogens is 3. The number of anilines is 2. The van der Waals surface area contributed by atoms with Gasteiger partial charge in [-0.05, 0) is 70.0 Å². The molecule has 0 unspecified atom stereocenters. The van der Waals surface area contributed by atoms with Gasteiger partial charge in [0, 0.05) is 11.9 Å². The maximum absolute atomic E-state index is 6.07. The van der Waals surface area contributed by atoms with E-state index in [1.807, 2.05) is 30.5 Å². The molecule has 0 aliphatic carbocycles. The number of thiocarbonyl (C=S) groups is 1. The Bertz CT molecular complexity index is 957. The summed E-state index contributed by atoms with van der Waals surface area (Å²) >= 11 is 20.9. The molecule has 140 valence electrons. The lowest BCUT2D eigenvalue weighted by Crippen LogP contribution is -2.19. The maximum Gasteiger partial charge on any atom is 0.176 e. The van der Waals surface area contributed by atoms with E-state index in [2.05, 4.69) is 50.7 Å². The highest BCUT2D eigenvalue weighted by Gasteiger charge is 2.10. The molecule has 4 nitrogen and oxygen atoms in total. The molecule has 0 spiro atoms. The fourth-order valence-electron chi connectivity index (χ4n) is 2.48. The van der Waals surface area contributed by atoms with Crippen LogP contribution in [0.4, 0.5) is 11.5 Å². The van der Waals surface area contributed by atoms with Gasteiger partial charge < -0.3 is 10.6 Å². The standard InChI is InChI=1S/C19H17BrCl2N4S/c1-2-12-3-6-14(7-4-12)23-19(27)24-18-15(20)11-26(25-18)10-13-5-8-16(21)17(22)9-13/h3-9,11H,2,10H2,1H3,(H2,23,24,25,27). The topological polar surface area (TPSA) is 41.9 Å². The Kier molecular flexibility index (Phi) is 6.76. The number of aromatic nitrogens is 2. The van der Waals surface area contributed by atoms with Crippen molar-refractivity contribution in [3.05, 3.63) is 74.3 Å². The molecule has 8 heteroatoms. The Morgan fingerprint density at radius 1 is 1.07 bits per heavy atom. The summed E-state index contributed by atoms with van der Waals surface area (Å²) in [5.74, 6) is 0.637. The van der Waals surface area contributed by atoms with Crippen molar-refractivity contribution in [1.29, 1.82) is 0 Å². The number of hydrogen-bond donors (Lipinski definition) is 2. The summed E-state index contributed by atoms with van der Waals surface area (Å²) < 4.78 is 2.61. The fraction of sp³-hybridized carbons (Fsp3) is 0.158. The van der Waals surface area contributed by atoms with Crippen LogP contribution in [0.5, 0.6) is 0 Å². The number of aryl methyl sites for hydroxylation is 1. The molecule has 0 radical (unpaired) electrons. The second-order valence-electron chi connectivity index (χ2n) is 5.90. The third-order valence-corrected chi connectivity index (χ3v) is 5.42. The Labute approximate surface area is 182 Å². The maximum atomic E-state index is 6.07. The molecule has 0 bridgehead atoms. The Balaban J connectivity index is 1.64. The molecule has 0 saturated heterocycles. The van der Waals surface area contributed by atoms with Gasteiger partial charge in [0.1, 0.15) is 0 Å². The number of nitrogens with zero attached hydrogens (tertiary/aromatic N) is 2. The first-order chi connectivity index (χ1) is 12.9. The van der Waals surface area contributed by atoms with Crippen LogP contribution >= 0.6 is 51.3 Å². The molecule has 0 fully saturated rings. The van der Waals surface area contributed by atoms with E-state index in [9.17, 15) is 0 Å². The zero-order valence-electron chi connectivity index (χ0n) is 14.5. The molecule has 2 aromatic carbocycles. The van der Waals surface area contributed by atoms with E-state index in [1.165, 1.54) is 5.56 Å². The van der Waals surface area contributed by atoms with Crippen LogP contribution in [-0.2, 0) is 13.0 Å². The second kappa shape index (κ2) is 9.06. The first-order valence-electron chi connectivity index (χ1n) is 8.28. The predicted molar refractivity (Wildman–Crippen MR) is 121 cm³/mol. The van der Waals surface area contributed by atoms with Crippen molar-refractivity contribution in [3.63, 3.8) is 0 Å². The molecule has 3 rings (SSSR count). The van der Waals surface area contributed by atoms with Gasteiger partial charge in [-0.2, -0.15) is 5.10 Å². The van der Waals surface area contributed by atoms with Crippen molar-refractivity contribution in [2.75, 3.05) is 10.6 Å². The molecule has 3 aromatic rings. The molecule has 0 aliphatic rings. The highest BCUT2D eigenvalue weighted by molar-refractivity contribution is 9.10. The zero-order valence-corrected chi connectivity index (χ0v) is 18.4. The Hall–Kier alpha value is -1.60. The van der Waals surface area contributed by atoms with Crippen molar-refractivity contribution in [2.45, 2.75) is 19.9 Å². The van der Waals surface area contributed by atoms with Crippen LogP contribution < -0.4 is 10.6 Å². The van der Waals surface area contributed by atoms with Gasteiger partial charge in [0.2, 0.25) is 0 Å². The third kappa shape index (κ3) is 5.45. The molecule has 1 aromatic heterocycles. The van der Waals surface area contributed by atoms with Gasteiger partial charge in [0.15, 0.2) is 10.9 Å². The summed E-state index contributed by atoms with van der Waals surface area (Å²) in [4.78, 5) is 0. The second-order valence-corrected chi connectivity index (χ2v) is 7.98. The Morgan fingerprint density at radius 3 is 2.44 bits per heavy atom. The van der Waals surface area contributed by atoms with Crippen molar-refractivity contribution in [3.8, 4) is 0 Å². The lowest BCUT2D eigenvalue weighted by Gasteiger charge is -2.09. The van der Waals surface area contributed by atoms with Crippen LogP contribution in [0.1, 0.15) is 18.1 Å². The van der Waals surface area contributed by atoms with Gasteiger partial charge >= 0.3 is 0 Å². The quantitative estimate of drug-likeness (QED) is 0.413. The summed E-state index contributed by atoms with van der Waals surface area (Å²) in [6.45, 7) is 2.69. The first kappa shape index (κ1) is 20.1. The smallest absolute Gasteiger partial charge is 0.176 e. The van der Waals surface area contributed by atoms with E-state index in [0.29, 0.717) is 27.5 Å². The monoisotopic (exact) mass is 482 g/mol. The minimum absolute atomic E-state index is 0.472. The van der Waals surface area contributed by atoms with Crippen LogP contribution in [-0.4, -0.2) is 14.9 Å². The zero-order chi connectivity index (χ0) is 19.4. The minimum Gasteiger partial charge on any atom is -0.332 e.